The molecule has 1 amide bonds. The second-order valence-electron chi connectivity index (χ2n) is 6.83. The molecule has 1 aromatic heterocycles. The summed E-state index contributed by atoms with van der Waals surface area (Å²) in [6, 6.07) is 13.5. The first kappa shape index (κ1) is 19.2. The van der Waals surface area contributed by atoms with Gasteiger partial charge in [0.25, 0.3) is 11.6 Å². The number of fused-ring (bicyclic) bond motifs is 1. The highest BCUT2D eigenvalue weighted by atomic mass is 19.1. The highest BCUT2D eigenvalue weighted by molar-refractivity contribution is 6.05. The zero-order chi connectivity index (χ0) is 21.4. The molecule has 3 aromatic carbocycles. The van der Waals surface area contributed by atoms with E-state index < -0.39 is 4.92 Å². The van der Waals surface area contributed by atoms with Crippen molar-refractivity contribution in [3.63, 3.8) is 0 Å². The molecular weight excluding hydrogens is 389 g/mol. The van der Waals surface area contributed by atoms with Crippen LogP contribution < -0.4 is 5.32 Å². The summed E-state index contributed by atoms with van der Waals surface area (Å²) in [5.74, 6) is -0.737. The molecule has 1 heterocycles. The third-order valence-electron chi connectivity index (χ3n) is 4.69. The maximum absolute atomic E-state index is 13.1. The molecular formula is C21H16FN5O3. The fraction of sp³-hybridized carbons (Fsp3) is 0.0952. The van der Waals surface area contributed by atoms with Gasteiger partial charge in [-0.3, -0.25) is 14.9 Å². The lowest BCUT2D eigenvalue weighted by Crippen LogP contribution is -2.13. The molecule has 4 aromatic rings. The van der Waals surface area contributed by atoms with Crippen LogP contribution >= 0.6 is 0 Å². The minimum Gasteiger partial charge on any atom is -0.322 e. The number of carbonyl (C=O) groups is 1. The number of anilines is 1. The Morgan fingerprint density at radius 3 is 2.30 bits per heavy atom. The molecule has 4 rings (SSSR count). The summed E-state index contributed by atoms with van der Waals surface area (Å²) in [7, 11) is 0. The highest BCUT2D eigenvalue weighted by Crippen LogP contribution is 2.24. The van der Waals surface area contributed by atoms with Gasteiger partial charge in [-0.1, -0.05) is 0 Å². The molecule has 0 aliphatic carbocycles. The van der Waals surface area contributed by atoms with Crippen LogP contribution in [-0.2, 0) is 0 Å². The topological polar surface area (TPSA) is 103 Å². The van der Waals surface area contributed by atoms with Crippen LogP contribution in [0.1, 0.15) is 21.5 Å². The molecule has 8 nitrogen and oxygen atoms in total. The largest absolute Gasteiger partial charge is 0.322 e. The van der Waals surface area contributed by atoms with Crippen LogP contribution in [0, 0.1) is 29.8 Å². The number of nitrogens with zero attached hydrogens (tertiary/aromatic N) is 4. The number of benzene rings is 3. The van der Waals surface area contributed by atoms with Crippen LogP contribution in [0.4, 0.5) is 15.8 Å². The van der Waals surface area contributed by atoms with Crippen molar-refractivity contribution in [2.24, 2.45) is 0 Å². The zero-order valence-electron chi connectivity index (χ0n) is 16.1. The number of rotatable bonds is 4. The standard InChI is InChI=1S/C21H16FN5O3/c1-12-10-18-19(25-26(24-18)16-6-4-15(22)5-7-16)11-17(12)23-21(28)14-3-8-20(27(29)30)13(2)9-14/h3-11H,1-2H3,(H,23,28). The fourth-order valence-electron chi connectivity index (χ4n) is 3.09. The molecule has 0 aliphatic rings. The Morgan fingerprint density at radius 1 is 1.00 bits per heavy atom. The number of hydrogen-bond donors (Lipinski definition) is 1. The summed E-state index contributed by atoms with van der Waals surface area (Å²) >= 11 is 0. The maximum atomic E-state index is 13.1. The van der Waals surface area contributed by atoms with E-state index in [1.165, 1.54) is 35.1 Å². The van der Waals surface area contributed by atoms with Crippen molar-refractivity contribution in [1.29, 1.82) is 0 Å². The second-order valence-corrected chi connectivity index (χ2v) is 6.83. The normalized spacial score (nSPS) is 10.9. The number of aryl methyl sites for hydroxylation is 2. The summed E-state index contributed by atoms with van der Waals surface area (Å²) in [6.07, 6.45) is 0. The second kappa shape index (κ2) is 7.36. The quantitative estimate of drug-likeness (QED) is 0.402. The average molecular weight is 405 g/mol. The average Bonchev–Trinajstić information content (AvgIpc) is 3.11. The van der Waals surface area contributed by atoms with E-state index in [-0.39, 0.29) is 17.4 Å². The fourth-order valence-corrected chi connectivity index (χ4v) is 3.09. The van der Waals surface area contributed by atoms with Crippen molar-refractivity contribution in [3.8, 4) is 5.69 Å². The number of halogens is 1. The highest BCUT2D eigenvalue weighted by Gasteiger charge is 2.15. The Bertz CT molecular complexity index is 1300. The molecule has 0 radical (unpaired) electrons. The van der Waals surface area contributed by atoms with E-state index in [4.69, 9.17) is 0 Å². The van der Waals surface area contributed by atoms with Gasteiger partial charge in [0.2, 0.25) is 0 Å². The number of amides is 1. The lowest BCUT2D eigenvalue weighted by atomic mass is 10.1. The van der Waals surface area contributed by atoms with Gasteiger partial charge in [0.05, 0.1) is 10.6 Å². The number of nitro groups is 1. The van der Waals surface area contributed by atoms with Crippen LogP contribution in [0.2, 0.25) is 0 Å². The predicted octanol–water partition coefficient (Wildman–Crippen LogP) is 4.34. The first-order chi connectivity index (χ1) is 14.3. The Hall–Kier alpha value is -4.14. The van der Waals surface area contributed by atoms with E-state index >= 15 is 0 Å². The summed E-state index contributed by atoms with van der Waals surface area (Å²) in [6.45, 7) is 3.41. The number of hydrogen-bond acceptors (Lipinski definition) is 5. The number of nitro benzene ring substituents is 1. The van der Waals surface area contributed by atoms with Gasteiger partial charge in [-0.15, -0.1) is 10.2 Å². The lowest BCUT2D eigenvalue weighted by Gasteiger charge is -2.09. The minimum absolute atomic E-state index is 0.0402. The monoisotopic (exact) mass is 405 g/mol. The molecule has 0 aliphatic heterocycles. The van der Waals surface area contributed by atoms with Crippen LogP contribution in [0.3, 0.4) is 0 Å². The van der Waals surface area contributed by atoms with E-state index in [0.29, 0.717) is 33.5 Å². The summed E-state index contributed by atoms with van der Waals surface area (Å²) in [5, 5.41) is 22.6. The molecule has 1 N–H and O–H groups in total. The van der Waals surface area contributed by atoms with E-state index in [9.17, 15) is 19.3 Å². The summed E-state index contributed by atoms with van der Waals surface area (Å²) < 4.78 is 13.1. The van der Waals surface area contributed by atoms with E-state index in [1.807, 2.05) is 6.92 Å². The molecule has 0 saturated carbocycles. The summed E-state index contributed by atoms with van der Waals surface area (Å²) in [5.41, 5.74) is 3.80. The van der Waals surface area contributed by atoms with E-state index in [0.717, 1.165) is 5.56 Å². The van der Waals surface area contributed by atoms with E-state index in [1.54, 1.807) is 31.2 Å². The van der Waals surface area contributed by atoms with Gasteiger partial charge < -0.3 is 5.32 Å². The molecule has 0 fully saturated rings. The SMILES string of the molecule is Cc1cc2nn(-c3ccc(F)cc3)nc2cc1NC(=O)c1ccc([N+](=O)[O-])c(C)c1. The van der Waals surface area contributed by atoms with Gasteiger partial charge in [0.1, 0.15) is 16.9 Å². The van der Waals surface area contributed by atoms with Gasteiger partial charge in [-0.25, -0.2) is 4.39 Å². The number of nitrogens with one attached hydrogen (secondary N) is 1. The van der Waals surface area contributed by atoms with Gasteiger partial charge in [0.15, 0.2) is 0 Å². The molecule has 9 heteroatoms. The van der Waals surface area contributed by atoms with Crippen LogP contribution in [0.5, 0.6) is 0 Å². The Labute approximate surface area is 170 Å². The van der Waals surface area contributed by atoms with Crippen molar-refractivity contribution < 1.29 is 14.1 Å². The smallest absolute Gasteiger partial charge is 0.272 e. The zero-order valence-corrected chi connectivity index (χ0v) is 16.1. The first-order valence-electron chi connectivity index (χ1n) is 9.02. The Balaban J connectivity index is 1.63. The Kier molecular flexibility index (Phi) is 4.71. The van der Waals surface area contributed by atoms with Crippen molar-refractivity contribution in [3.05, 3.63) is 87.2 Å². The molecule has 0 atom stereocenters. The van der Waals surface area contributed by atoms with Crippen molar-refractivity contribution in [2.75, 3.05) is 5.32 Å². The van der Waals surface area contributed by atoms with Gasteiger partial charge >= 0.3 is 0 Å². The van der Waals surface area contributed by atoms with E-state index in [2.05, 4.69) is 15.5 Å². The van der Waals surface area contributed by atoms with Gasteiger partial charge in [-0.05, 0) is 67.9 Å². The summed E-state index contributed by atoms with van der Waals surface area (Å²) in [4.78, 5) is 24.5. The molecule has 0 unspecified atom stereocenters. The third-order valence-corrected chi connectivity index (χ3v) is 4.69. The molecule has 150 valence electrons. The van der Waals surface area contributed by atoms with Crippen molar-refractivity contribution in [2.45, 2.75) is 13.8 Å². The van der Waals surface area contributed by atoms with Gasteiger partial charge in [0, 0.05) is 22.9 Å². The van der Waals surface area contributed by atoms with Crippen molar-refractivity contribution in [1.82, 2.24) is 15.0 Å². The van der Waals surface area contributed by atoms with Gasteiger partial charge in [-0.2, -0.15) is 4.80 Å². The third kappa shape index (κ3) is 3.60. The van der Waals surface area contributed by atoms with Crippen LogP contribution in [-0.4, -0.2) is 25.8 Å². The number of carbonyl (C=O) groups excluding carboxylic acids is 1. The minimum atomic E-state index is -0.487. The molecule has 0 saturated heterocycles. The predicted molar refractivity (Wildman–Crippen MR) is 109 cm³/mol. The molecule has 0 spiro atoms. The Morgan fingerprint density at radius 2 is 1.67 bits per heavy atom. The van der Waals surface area contributed by atoms with Crippen molar-refractivity contribution >= 4 is 28.3 Å². The lowest BCUT2D eigenvalue weighted by molar-refractivity contribution is -0.385. The first-order valence-corrected chi connectivity index (χ1v) is 9.02. The van der Waals surface area contributed by atoms with Crippen LogP contribution in [0.15, 0.2) is 54.6 Å². The maximum Gasteiger partial charge on any atom is 0.272 e. The molecule has 0 bridgehead atoms. The van der Waals surface area contributed by atoms with Crippen LogP contribution in [0.25, 0.3) is 16.7 Å². The number of aromatic nitrogens is 3. The molecule has 30 heavy (non-hydrogen) atoms.